The lowest BCUT2D eigenvalue weighted by Gasteiger charge is -2.34. The van der Waals surface area contributed by atoms with E-state index in [0.717, 1.165) is 81.9 Å². The van der Waals surface area contributed by atoms with Crippen molar-refractivity contribution >= 4 is 6.29 Å². The number of carbonyl (C=O) groups excluding carboxylic acids is 1. The van der Waals surface area contributed by atoms with Gasteiger partial charge in [0.25, 0.3) is 0 Å². The average molecular weight is 444 g/mol. The standard InChI is InChI=1S/C12H21N3O.C7H6O.C6H4F2/c1-14-3-9-5-15(6-10(9)4-14)12-2-11(13)7-16-8-12;8-6-7-4-2-1-3-5-7;7-5-1-2-6(8)4-3-5/h11-12H,2-8,13H2,1H3;1-6H;1-4H. The normalized spacial score (nSPS) is 23.0. The van der Waals surface area contributed by atoms with Gasteiger partial charge in [0, 0.05) is 43.8 Å². The molecule has 32 heavy (non-hydrogen) atoms. The number of nitrogens with two attached hydrogens (primary N) is 1. The van der Waals surface area contributed by atoms with Crippen molar-refractivity contribution in [1.29, 1.82) is 0 Å². The zero-order valence-electron chi connectivity index (χ0n) is 18.4. The lowest BCUT2D eigenvalue weighted by molar-refractivity contribution is 0.0154. The van der Waals surface area contributed by atoms with Crippen molar-refractivity contribution in [3.05, 3.63) is 82.9 Å². The summed E-state index contributed by atoms with van der Waals surface area (Å²) in [5.41, 5.74) is 9.97. The second-order valence-electron chi connectivity index (χ2n) is 8.44. The van der Waals surface area contributed by atoms with Crippen LogP contribution in [0, 0.1) is 11.6 Å². The fourth-order valence-electron chi connectivity index (χ4n) is 4.12. The van der Waals surface area contributed by atoms with Crippen molar-refractivity contribution in [2.75, 3.05) is 46.4 Å². The Morgan fingerprint density at radius 2 is 1.47 bits per heavy atom. The molecule has 172 valence electrons. The van der Waals surface area contributed by atoms with E-state index in [-0.39, 0.29) is 6.04 Å². The van der Waals surface area contributed by atoms with Crippen molar-refractivity contribution in [2.45, 2.75) is 18.5 Å². The fourth-order valence-corrected chi connectivity index (χ4v) is 4.12. The first-order valence-electron chi connectivity index (χ1n) is 10.8. The summed E-state index contributed by atoms with van der Waals surface area (Å²) in [7, 11) is 2.20. The zero-order chi connectivity index (χ0) is 22.9. The van der Waals surface area contributed by atoms with E-state index < -0.39 is 11.6 Å². The van der Waals surface area contributed by atoms with Crippen LogP contribution in [0.2, 0.25) is 0 Å². The Kier molecular flexibility index (Phi) is 9.05. The second kappa shape index (κ2) is 12.0. The van der Waals surface area contributed by atoms with Gasteiger partial charge in [-0.2, -0.15) is 0 Å². The topological polar surface area (TPSA) is 58.8 Å². The Balaban J connectivity index is 0.000000152. The lowest BCUT2D eigenvalue weighted by Crippen LogP contribution is -2.48. The number of carbonyl (C=O) groups is 1. The van der Waals surface area contributed by atoms with Crippen LogP contribution in [-0.4, -0.2) is 74.6 Å². The predicted octanol–water partition coefficient (Wildman–Crippen LogP) is 3.12. The smallest absolute Gasteiger partial charge is 0.150 e. The van der Waals surface area contributed by atoms with Crippen molar-refractivity contribution < 1.29 is 18.3 Å². The molecule has 2 aromatic carbocycles. The van der Waals surface area contributed by atoms with Crippen LogP contribution in [0.5, 0.6) is 0 Å². The van der Waals surface area contributed by atoms with Gasteiger partial charge in [0.2, 0.25) is 0 Å². The first kappa shape index (κ1) is 24.2. The highest BCUT2D eigenvalue weighted by Gasteiger charge is 2.33. The molecular weight excluding hydrogens is 412 g/mol. The maximum atomic E-state index is 11.9. The number of hydrogen-bond donors (Lipinski definition) is 1. The quantitative estimate of drug-likeness (QED) is 0.571. The molecule has 0 spiro atoms. The van der Waals surface area contributed by atoms with Gasteiger partial charge in [0.05, 0.1) is 13.2 Å². The molecule has 2 unspecified atom stereocenters. The van der Waals surface area contributed by atoms with E-state index in [2.05, 4.69) is 16.8 Å². The van der Waals surface area contributed by atoms with Crippen LogP contribution in [0.25, 0.3) is 0 Å². The minimum Gasteiger partial charge on any atom is -0.378 e. The van der Waals surface area contributed by atoms with Crippen LogP contribution >= 0.6 is 0 Å². The SMILES string of the molecule is CN1CC2=C(C1)CN(C1COCC(N)C1)C2.Fc1ccc(F)cc1.O=Cc1ccccc1. The van der Waals surface area contributed by atoms with Crippen molar-refractivity contribution in [1.82, 2.24) is 9.80 Å². The van der Waals surface area contributed by atoms with Crippen molar-refractivity contribution in [3.8, 4) is 0 Å². The Morgan fingerprint density at radius 1 is 0.906 bits per heavy atom. The molecule has 2 N–H and O–H groups in total. The molecule has 3 aliphatic heterocycles. The number of benzene rings is 2. The van der Waals surface area contributed by atoms with E-state index in [9.17, 15) is 13.6 Å². The Bertz CT molecular complexity index is 851. The van der Waals surface area contributed by atoms with Crippen LogP contribution in [-0.2, 0) is 4.74 Å². The summed E-state index contributed by atoms with van der Waals surface area (Å²) in [5, 5.41) is 0. The molecule has 0 aliphatic carbocycles. The fraction of sp³-hybridized carbons (Fsp3) is 0.400. The number of nitrogens with zero attached hydrogens (tertiary/aromatic N) is 2. The first-order chi connectivity index (χ1) is 15.4. The zero-order valence-corrected chi connectivity index (χ0v) is 18.4. The summed E-state index contributed by atoms with van der Waals surface area (Å²) < 4.78 is 29.4. The van der Waals surface area contributed by atoms with Gasteiger partial charge in [-0.3, -0.25) is 14.6 Å². The van der Waals surface area contributed by atoms with Gasteiger partial charge in [-0.15, -0.1) is 0 Å². The molecule has 0 bridgehead atoms. The van der Waals surface area contributed by atoms with E-state index in [1.54, 1.807) is 23.3 Å². The van der Waals surface area contributed by atoms with Gasteiger partial charge >= 0.3 is 0 Å². The van der Waals surface area contributed by atoms with Gasteiger partial charge < -0.3 is 10.5 Å². The third kappa shape index (κ3) is 7.31. The molecule has 2 atom stereocenters. The maximum absolute atomic E-state index is 11.9. The summed E-state index contributed by atoms with van der Waals surface area (Å²) in [4.78, 5) is 15.0. The van der Waals surface area contributed by atoms with Crippen molar-refractivity contribution in [3.63, 3.8) is 0 Å². The third-order valence-corrected chi connectivity index (χ3v) is 5.68. The number of hydrogen-bond acceptors (Lipinski definition) is 5. The Labute approximate surface area is 188 Å². The van der Waals surface area contributed by atoms with Crippen LogP contribution < -0.4 is 5.73 Å². The average Bonchev–Trinajstić information content (AvgIpc) is 3.35. The molecule has 0 aromatic heterocycles. The minimum atomic E-state index is -0.411. The molecule has 1 fully saturated rings. The summed E-state index contributed by atoms with van der Waals surface area (Å²) in [6.45, 7) is 6.20. The highest BCUT2D eigenvalue weighted by molar-refractivity contribution is 5.74. The van der Waals surface area contributed by atoms with Crippen LogP contribution in [0.1, 0.15) is 16.8 Å². The number of halogens is 2. The summed E-state index contributed by atoms with van der Waals surface area (Å²) >= 11 is 0. The van der Waals surface area contributed by atoms with E-state index >= 15 is 0 Å². The predicted molar refractivity (Wildman–Crippen MR) is 121 cm³/mol. The maximum Gasteiger partial charge on any atom is 0.150 e. The van der Waals surface area contributed by atoms with E-state index in [4.69, 9.17) is 10.5 Å². The van der Waals surface area contributed by atoms with Crippen LogP contribution in [0.4, 0.5) is 8.78 Å². The van der Waals surface area contributed by atoms with E-state index in [1.807, 2.05) is 18.2 Å². The number of aldehydes is 1. The van der Waals surface area contributed by atoms with Crippen LogP contribution in [0.3, 0.4) is 0 Å². The lowest BCUT2D eigenvalue weighted by atomic mass is 10.1. The molecule has 7 heteroatoms. The Hall–Kier alpha value is -2.45. The molecule has 0 saturated carbocycles. The highest BCUT2D eigenvalue weighted by Crippen LogP contribution is 2.27. The molecule has 1 saturated heterocycles. The van der Waals surface area contributed by atoms with Gasteiger partial charge in [0.1, 0.15) is 17.9 Å². The van der Waals surface area contributed by atoms with Gasteiger partial charge in [-0.25, -0.2) is 8.78 Å². The summed E-state index contributed by atoms with van der Waals surface area (Å²) in [5.74, 6) is -0.821. The van der Waals surface area contributed by atoms with Crippen molar-refractivity contribution in [2.24, 2.45) is 5.73 Å². The minimum absolute atomic E-state index is 0.233. The van der Waals surface area contributed by atoms with E-state index in [0.29, 0.717) is 6.04 Å². The molecule has 0 amide bonds. The third-order valence-electron chi connectivity index (χ3n) is 5.68. The number of rotatable bonds is 2. The molecule has 5 rings (SSSR count). The molecule has 2 aromatic rings. The highest BCUT2D eigenvalue weighted by atomic mass is 19.1. The monoisotopic (exact) mass is 443 g/mol. The number of ether oxygens (including phenoxy) is 1. The molecule has 0 radical (unpaired) electrons. The first-order valence-corrected chi connectivity index (χ1v) is 10.8. The molecule has 5 nitrogen and oxygen atoms in total. The molecule has 3 aliphatic rings. The number of likely N-dealkylation sites (N-methyl/N-ethyl adjacent to an activating group) is 1. The summed E-state index contributed by atoms with van der Waals surface area (Å²) in [6, 6.07) is 14.2. The summed E-state index contributed by atoms with van der Waals surface area (Å²) in [6.07, 6.45) is 1.93. The second-order valence-corrected chi connectivity index (χ2v) is 8.44. The van der Waals surface area contributed by atoms with Crippen LogP contribution in [0.15, 0.2) is 65.7 Å². The van der Waals surface area contributed by atoms with Gasteiger partial charge in [-0.1, -0.05) is 30.3 Å². The largest absolute Gasteiger partial charge is 0.378 e. The molecule has 3 heterocycles. The Morgan fingerprint density at radius 3 is 1.94 bits per heavy atom. The van der Waals surface area contributed by atoms with Gasteiger partial charge in [0.15, 0.2) is 0 Å². The van der Waals surface area contributed by atoms with E-state index in [1.165, 1.54) is 0 Å². The van der Waals surface area contributed by atoms with Gasteiger partial charge in [-0.05, 0) is 48.9 Å². The molecular formula is C25H31F2N3O2.